The van der Waals surface area contributed by atoms with Crippen molar-refractivity contribution in [3.8, 4) is 17.2 Å². The molecule has 7 nitrogen and oxygen atoms in total. The standard InChI is InChI=1S/C21H27N5O2S/c1-14-7-8-18(16(3)9-14)26-21(29)25(22-23-26)13-24(4)12-17-11-20(28-6)19(27-5)10-15(17)2/h7-11H,12-13H2,1-6H3. The zero-order chi connectivity index (χ0) is 21.1. The molecule has 2 aromatic carbocycles. The number of benzene rings is 2. The molecule has 0 aliphatic heterocycles. The summed E-state index contributed by atoms with van der Waals surface area (Å²) in [7, 11) is 5.31. The predicted molar refractivity (Wildman–Crippen MR) is 115 cm³/mol. The molecule has 8 heteroatoms. The highest BCUT2D eigenvalue weighted by molar-refractivity contribution is 7.71. The summed E-state index contributed by atoms with van der Waals surface area (Å²) in [6.07, 6.45) is 0. The highest BCUT2D eigenvalue weighted by Crippen LogP contribution is 2.30. The number of ether oxygens (including phenoxy) is 2. The lowest BCUT2D eigenvalue weighted by molar-refractivity contribution is 0.241. The maximum absolute atomic E-state index is 5.62. The van der Waals surface area contributed by atoms with Gasteiger partial charge in [0.2, 0.25) is 4.77 Å². The van der Waals surface area contributed by atoms with Gasteiger partial charge in [0.25, 0.3) is 0 Å². The first-order valence-electron chi connectivity index (χ1n) is 9.34. The molecule has 3 aromatic rings. The minimum atomic E-state index is 0.525. The molecular weight excluding hydrogens is 386 g/mol. The van der Waals surface area contributed by atoms with Crippen molar-refractivity contribution in [1.82, 2.24) is 24.7 Å². The second-order valence-electron chi connectivity index (χ2n) is 7.25. The molecule has 0 unspecified atom stereocenters. The van der Waals surface area contributed by atoms with Gasteiger partial charge < -0.3 is 9.47 Å². The largest absolute Gasteiger partial charge is 0.493 e. The normalized spacial score (nSPS) is 11.1. The van der Waals surface area contributed by atoms with Gasteiger partial charge in [0.15, 0.2) is 11.5 Å². The van der Waals surface area contributed by atoms with Gasteiger partial charge in [-0.2, -0.15) is 4.68 Å². The van der Waals surface area contributed by atoms with Crippen LogP contribution in [0.2, 0.25) is 0 Å². The molecule has 29 heavy (non-hydrogen) atoms. The van der Waals surface area contributed by atoms with E-state index in [4.69, 9.17) is 21.7 Å². The Hall–Kier alpha value is -2.71. The summed E-state index contributed by atoms with van der Waals surface area (Å²) < 4.78 is 14.8. The molecule has 1 heterocycles. The molecule has 3 rings (SSSR count). The van der Waals surface area contributed by atoms with Gasteiger partial charge in [-0.25, -0.2) is 4.68 Å². The van der Waals surface area contributed by atoms with Gasteiger partial charge in [-0.15, -0.1) is 0 Å². The number of hydrogen-bond donors (Lipinski definition) is 0. The topological polar surface area (TPSA) is 57.3 Å². The summed E-state index contributed by atoms with van der Waals surface area (Å²) in [5.41, 5.74) is 5.55. The fourth-order valence-corrected chi connectivity index (χ4v) is 3.55. The number of rotatable bonds is 7. The average molecular weight is 414 g/mol. The minimum Gasteiger partial charge on any atom is -0.493 e. The van der Waals surface area contributed by atoms with Crippen molar-refractivity contribution in [2.45, 2.75) is 34.0 Å². The Morgan fingerprint density at radius 2 is 1.66 bits per heavy atom. The lowest BCUT2D eigenvalue weighted by Gasteiger charge is -2.19. The number of aryl methyl sites for hydroxylation is 3. The van der Waals surface area contributed by atoms with Gasteiger partial charge in [-0.1, -0.05) is 17.7 Å². The molecule has 1 aromatic heterocycles. The molecule has 0 spiro atoms. The quantitative estimate of drug-likeness (QED) is 0.549. The Kier molecular flexibility index (Phi) is 6.34. The van der Waals surface area contributed by atoms with Crippen LogP contribution < -0.4 is 9.47 Å². The first kappa shape index (κ1) is 21.0. The minimum absolute atomic E-state index is 0.525. The van der Waals surface area contributed by atoms with Crippen LogP contribution in [0.25, 0.3) is 5.69 Å². The van der Waals surface area contributed by atoms with E-state index in [1.54, 1.807) is 23.6 Å². The van der Waals surface area contributed by atoms with E-state index in [9.17, 15) is 0 Å². The molecule has 0 saturated carbocycles. The third-order valence-corrected chi connectivity index (χ3v) is 5.26. The molecule has 154 valence electrons. The summed E-state index contributed by atoms with van der Waals surface area (Å²) in [5, 5.41) is 8.53. The molecule has 0 aliphatic rings. The van der Waals surface area contributed by atoms with Crippen LogP contribution in [0.15, 0.2) is 30.3 Å². The highest BCUT2D eigenvalue weighted by atomic mass is 32.1. The number of hydrogen-bond acceptors (Lipinski definition) is 6. The Bertz CT molecular complexity index is 1070. The van der Waals surface area contributed by atoms with Crippen molar-refractivity contribution in [3.63, 3.8) is 0 Å². The van der Waals surface area contributed by atoms with Crippen molar-refractivity contribution in [2.24, 2.45) is 0 Å². The summed E-state index contributed by atoms with van der Waals surface area (Å²) in [5.74, 6) is 1.45. The van der Waals surface area contributed by atoms with E-state index in [1.807, 2.05) is 25.2 Å². The average Bonchev–Trinajstić information content (AvgIpc) is 3.03. The van der Waals surface area contributed by atoms with E-state index in [2.05, 4.69) is 48.2 Å². The van der Waals surface area contributed by atoms with Crippen LogP contribution in [0.4, 0.5) is 0 Å². The van der Waals surface area contributed by atoms with Gasteiger partial charge in [0, 0.05) is 6.54 Å². The molecule has 0 bridgehead atoms. The Balaban J connectivity index is 1.79. The maximum Gasteiger partial charge on any atom is 0.221 e. The van der Waals surface area contributed by atoms with Crippen molar-refractivity contribution in [3.05, 3.63) is 57.4 Å². The molecule has 0 fully saturated rings. The van der Waals surface area contributed by atoms with Crippen LogP contribution in [0, 0.1) is 25.5 Å². The van der Waals surface area contributed by atoms with Crippen LogP contribution in [-0.4, -0.2) is 46.0 Å². The van der Waals surface area contributed by atoms with E-state index < -0.39 is 0 Å². The van der Waals surface area contributed by atoms with Gasteiger partial charge in [0.05, 0.1) is 26.6 Å². The van der Waals surface area contributed by atoms with Crippen molar-refractivity contribution in [1.29, 1.82) is 0 Å². The number of tetrazole rings is 1. The zero-order valence-electron chi connectivity index (χ0n) is 17.8. The molecule has 0 N–H and O–H groups in total. The van der Waals surface area contributed by atoms with E-state index in [1.165, 1.54) is 5.56 Å². The number of nitrogens with zero attached hydrogens (tertiary/aromatic N) is 5. The van der Waals surface area contributed by atoms with Gasteiger partial charge in [-0.05, 0) is 85.4 Å². The van der Waals surface area contributed by atoms with Crippen LogP contribution in [-0.2, 0) is 13.2 Å². The predicted octanol–water partition coefficient (Wildman–Crippen LogP) is 3.83. The summed E-state index contributed by atoms with van der Waals surface area (Å²) in [6.45, 7) is 7.42. The van der Waals surface area contributed by atoms with Crippen molar-refractivity contribution in [2.75, 3.05) is 21.3 Å². The monoisotopic (exact) mass is 413 g/mol. The molecule has 0 amide bonds. The smallest absolute Gasteiger partial charge is 0.221 e. The highest BCUT2D eigenvalue weighted by Gasteiger charge is 2.13. The third kappa shape index (κ3) is 4.49. The van der Waals surface area contributed by atoms with E-state index in [0.29, 0.717) is 18.0 Å². The first-order valence-corrected chi connectivity index (χ1v) is 9.75. The van der Waals surface area contributed by atoms with Crippen LogP contribution in [0.5, 0.6) is 11.5 Å². The third-order valence-electron chi connectivity index (χ3n) is 4.88. The fourth-order valence-electron chi connectivity index (χ4n) is 3.32. The van der Waals surface area contributed by atoms with E-state index >= 15 is 0 Å². The summed E-state index contributed by atoms with van der Waals surface area (Å²) in [4.78, 5) is 2.13. The molecular formula is C21H27N5O2S. The van der Waals surface area contributed by atoms with Crippen LogP contribution >= 0.6 is 12.2 Å². The summed E-state index contributed by atoms with van der Waals surface area (Å²) >= 11 is 5.62. The SMILES string of the molecule is COc1cc(C)c(CN(C)Cn2nnn(-c3ccc(C)cc3C)c2=S)cc1OC. The van der Waals surface area contributed by atoms with Gasteiger partial charge >= 0.3 is 0 Å². The van der Waals surface area contributed by atoms with Gasteiger partial charge in [-0.3, -0.25) is 4.90 Å². The fraction of sp³-hybridized carbons (Fsp3) is 0.381. The second kappa shape index (κ2) is 8.75. The Morgan fingerprint density at radius 1 is 0.966 bits per heavy atom. The molecule has 0 aliphatic carbocycles. The maximum atomic E-state index is 5.62. The van der Waals surface area contributed by atoms with Crippen molar-refractivity contribution < 1.29 is 9.47 Å². The molecule has 0 saturated heterocycles. The van der Waals surface area contributed by atoms with E-state index in [0.717, 1.165) is 33.9 Å². The Morgan fingerprint density at radius 3 is 2.31 bits per heavy atom. The van der Waals surface area contributed by atoms with E-state index in [-0.39, 0.29) is 0 Å². The van der Waals surface area contributed by atoms with Gasteiger partial charge in [0.1, 0.15) is 0 Å². The molecule has 0 atom stereocenters. The molecule has 0 radical (unpaired) electrons. The first-order chi connectivity index (χ1) is 13.8. The second-order valence-corrected chi connectivity index (χ2v) is 7.62. The Labute approximate surface area is 176 Å². The zero-order valence-corrected chi connectivity index (χ0v) is 18.6. The number of aromatic nitrogens is 4. The number of methoxy groups -OCH3 is 2. The lowest BCUT2D eigenvalue weighted by Crippen LogP contribution is -2.23. The van der Waals surface area contributed by atoms with Crippen LogP contribution in [0.3, 0.4) is 0 Å². The lowest BCUT2D eigenvalue weighted by atomic mass is 10.1. The van der Waals surface area contributed by atoms with Crippen molar-refractivity contribution >= 4 is 12.2 Å². The van der Waals surface area contributed by atoms with Crippen LogP contribution in [0.1, 0.15) is 22.3 Å². The summed E-state index contributed by atoms with van der Waals surface area (Å²) in [6, 6.07) is 10.2.